The summed E-state index contributed by atoms with van der Waals surface area (Å²) in [6, 6.07) is 16.3. The Balaban J connectivity index is 1.99. The summed E-state index contributed by atoms with van der Waals surface area (Å²) in [6.45, 7) is 5.61. The summed E-state index contributed by atoms with van der Waals surface area (Å²) in [5, 5.41) is 5.97. The molecule has 3 rings (SSSR count). The number of rotatable bonds is 21. The Bertz CT molecular complexity index is 1530. The second kappa shape index (κ2) is 19.8. The van der Waals surface area contributed by atoms with Crippen molar-refractivity contribution >= 4 is 19.4 Å². The molecule has 0 aliphatic carbocycles. The van der Waals surface area contributed by atoms with Gasteiger partial charge in [0.2, 0.25) is 7.44 Å². The Labute approximate surface area is 280 Å². The lowest BCUT2D eigenvalue weighted by atomic mass is 10.1. The molecule has 0 spiro atoms. The first kappa shape index (κ1) is 38.6. The number of carbonyl (C=O) groups excluding carboxylic acids is 2. The number of esters is 2. The lowest BCUT2D eigenvalue weighted by Crippen LogP contribution is -2.47. The summed E-state index contributed by atoms with van der Waals surface area (Å²) in [5.74, 6) is -1.22. The average molecular weight is 687 g/mol. The van der Waals surface area contributed by atoms with Crippen LogP contribution < -0.4 is 21.4 Å². The highest BCUT2D eigenvalue weighted by molar-refractivity contribution is 7.59. The predicted octanol–water partition coefficient (Wildman–Crippen LogP) is 3.34. The molecule has 0 radical (unpaired) electrons. The van der Waals surface area contributed by atoms with Gasteiger partial charge in [-0.15, -0.1) is 0 Å². The molecule has 1 aromatic heterocycles. The minimum Gasteiger partial charge on any atom is -0.465 e. The fourth-order valence-electron chi connectivity index (χ4n) is 4.81. The highest BCUT2D eigenvalue weighted by atomic mass is 31.2. The first-order valence-electron chi connectivity index (χ1n) is 16.0. The van der Waals surface area contributed by atoms with Crippen molar-refractivity contribution < 1.29 is 33.1 Å². The van der Waals surface area contributed by atoms with Gasteiger partial charge in [-0.1, -0.05) is 74.5 Å². The van der Waals surface area contributed by atoms with Crippen molar-refractivity contribution in [1.29, 1.82) is 0 Å². The minimum atomic E-state index is -4.01. The third-order valence-corrected chi connectivity index (χ3v) is 9.16. The molecule has 1 heterocycles. The lowest BCUT2D eigenvalue weighted by Gasteiger charge is -2.30. The molecule has 48 heavy (non-hydrogen) atoms. The van der Waals surface area contributed by atoms with Crippen LogP contribution in [0.1, 0.15) is 43.4 Å². The van der Waals surface area contributed by atoms with E-state index in [1.807, 2.05) is 74.5 Å². The zero-order valence-corrected chi connectivity index (χ0v) is 28.9. The molecular weight excluding hydrogens is 639 g/mol. The maximum absolute atomic E-state index is 15.0. The van der Waals surface area contributed by atoms with Crippen LogP contribution in [0.5, 0.6) is 0 Å². The number of hydrogen-bond donors (Lipinski definition) is 3. The summed E-state index contributed by atoms with van der Waals surface area (Å²) in [4.78, 5) is 53.4. The number of aryl methyl sites for hydroxylation is 1. The average Bonchev–Trinajstić information content (AvgIpc) is 3.08. The Hall–Kier alpha value is -3.87. The molecule has 0 saturated heterocycles. The number of ether oxygens (including phenoxy) is 4. The standard InChI is InChI=1S/C34H47N4O9P/c1-5-17-45-32(40)29(19-26-13-9-7-10-14-26)36-48(43,37-30(33(41)46-18-6-2)20-27-15-11-8-12-16-27)24-47-28(23-44-4)22-38-21-25(3)31(39)35-34(38)42/h7-16,21,28-30H,5-6,17-20,22-24H2,1-4H3,(H,35,39,42)(H2,36,37,43)/t28-,29+,30+/m1/s1. The first-order valence-corrected chi connectivity index (χ1v) is 17.9. The van der Waals surface area contributed by atoms with Gasteiger partial charge in [-0.2, -0.15) is 0 Å². The van der Waals surface area contributed by atoms with E-state index in [1.54, 1.807) is 6.92 Å². The summed E-state index contributed by atoms with van der Waals surface area (Å²) >= 11 is 0. The van der Waals surface area contributed by atoms with E-state index in [4.69, 9.17) is 18.9 Å². The number of aromatic nitrogens is 2. The van der Waals surface area contributed by atoms with Crippen molar-refractivity contribution in [3.63, 3.8) is 0 Å². The van der Waals surface area contributed by atoms with E-state index >= 15 is 0 Å². The van der Waals surface area contributed by atoms with Crippen LogP contribution in [0.15, 0.2) is 76.4 Å². The van der Waals surface area contributed by atoms with Crippen LogP contribution in [-0.2, 0) is 52.5 Å². The van der Waals surface area contributed by atoms with Gasteiger partial charge in [-0.25, -0.2) is 15.0 Å². The maximum Gasteiger partial charge on any atom is 0.328 e. The van der Waals surface area contributed by atoms with Gasteiger partial charge in [-0.3, -0.25) is 28.5 Å². The number of hydrogen-bond acceptors (Lipinski definition) is 9. The van der Waals surface area contributed by atoms with Gasteiger partial charge in [0.15, 0.2) is 0 Å². The van der Waals surface area contributed by atoms with Crippen molar-refractivity contribution in [2.24, 2.45) is 0 Å². The molecule has 0 saturated carbocycles. The van der Waals surface area contributed by atoms with Gasteiger partial charge in [0.05, 0.1) is 32.5 Å². The minimum absolute atomic E-state index is 0.00256. The fourth-order valence-corrected chi connectivity index (χ4v) is 6.85. The number of methoxy groups -OCH3 is 1. The summed E-state index contributed by atoms with van der Waals surface area (Å²) < 4.78 is 38.7. The molecule has 2 aromatic carbocycles. The quantitative estimate of drug-likeness (QED) is 0.111. The third-order valence-electron chi connectivity index (χ3n) is 7.19. The predicted molar refractivity (Wildman–Crippen MR) is 182 cm³/mol. The molecule has 13 nitrogen and oxygen atoms in total. The largest absolute Gasteiger partial charge is 0.465 e. The monoisotopic (exact) mass is 686 g/mol. The van der Waals surface area contributed by atoms with Gasteiger partial charge in [-0.05, 0) is 43.7 Å². The molecule has 0 aliphatic heterocycles. The van der Waals surface area contributed by atoms with Gasteiger partial charge >= 0.3 is 17.6 Å². The van der Waals surface area contributed by atoms with E-state index in [2.05, 4.69) is 15.2 Å². The van der Waals surface area contributed by atoms with Crippen molar-refractivity contribution in [2.75, 3.05) is 33.3 Å². The molecule has 0 unspecified atom stereocenters. The Morgan fingerprint density at radius 1 is 0.854 bits per heavy atom. The van der Waals surface area contributed by atoms with Crippen LogP contribution in [-0.4, -0.2) is 73.0 Å². The molecule has 3 atom stereocenters. The van der Waals surface area contributed by atoms with E-state index in [0.29, 0.717) is 18.4 Å². The van der Waals surface area contributed by atoms with E-state index in [9.17, 15) is 23.7 Å². The van der Waals surface area contributed by atoms with Crippen LogP contribution in [0.3, 0.4) is 0 Å². The van der Waals surface area contributed by atoms with Crippen molar-refractivity contribution in [3.05, 3.63) is 104 Å². The number of aromatic amines is 1. The van der Waals surface area contributed by atoms with Gasteiger partial charge in [0.25, 0.3) is 5.56 Å². The van der Waals surface area contributed by atoms with E-state index in [-0.39, 0.29) is 39.2 Å². The summed E-state index contributed by atoms with van der Waals surface area (Å²) in [6.07, 6.45) is 1.56. The number of nitrogens with one attached hydrogen (secondary N) is 3. The van der Waals surface area contributed by atoms with Crippen LogP contribution >= 0.6 is 7.44 Å². The summed E-state index contributed by atoms with van der Waals surface area (Å²) in [5.41, 5.74) is 0.770. The van der Waals surface area contributed by atoms with Crippen LogP contribution in [0, 0.1) is 6.92 Å². The summed E-state index contributed by atoms with van der Waals surface area (Å²) in [7, 11) is -2.56. The lowest BCUT2D eigenvalue weighted by molar-refractivity contribution is -0.146. The number of carbonyl (C=O) groups is 2. The molecule has 0 bridgehead atoms. The van der Waals surface area contributed by atoms with E-state index < -0.39 is 55.2 Å². The Morgan fingerprint density at radius 2 is 1.35 bits per heavy atom. The van der Waals surface area contributed by atoms with Crippen LogP contribution in [0.4, 0.5) is 0 Å². The van der Waals surface area contributed by atoms with Crippen molar-refractivity contribution in [1.82, 2.24) is 19.7 Å². The molecular formula is C34H47N4O9P. The number of nitrogens with zero attached hydrogens (tertiary/aromatic N) is 1. The van der Waals surface area contributed by atoms with Crippen molar-refractivity contribution in [2.45, 2.75) is 71.2 Å². The van der Waals surface area contributed by atoms with E-state index in [1.165, 1.54) is 17.9 Å². The van der Waals surface area contributed by atoms with Gasteiger partial charge in [0, 0.05) is 18.9 Å². The molecule has 262 valence electrons. The van der Waals surface area contributed by atoms with Gasteiger partial charge < -0.3 is 18.9 Å². The van der Waals surface area contributed by atoms with Crippen LogP contribution in [0.2, 0.25) is 0 Å². The van der Waals surface area contributed by atoms with Gasteiger partial charge in [0.1, 0.15) is 18.4 Å². The van der Waals surface area contributed by atoms with E-state index in [0.717, 1.165) is 11.1 Å². The maximum atomic E-state index is 15.0. The molecule has 0 fully saturated rings. The second-order valence-corrected chi connectivity index (χ2v) is 13.7. The Kier molecular flexibility index (Phi) is 15.9. The molecule has 0 aliphatic rings. The smallest absolute Gasteiger partial charge is 0.328 e. The SMILES string of the molecule is CCCOC(=O)[C@H](Cc1ccccc1)NP(=O)(CO[C@@H](COC)Cn1cc(C)c(=O)[nH]c1=O)N[C@@H](Cc1ccccc1)C(=O)OCCC. The second-order valence-electron chi connectivity index (χ2n) is 11.4. The molecule has 0 amide bonds. The Morgan fingerprint density at radius 3 is 1.81 bits per heavy atom. The van der Waals surface area contributed by atoms with Crippen molar-refractivity contribution in [3.8, 4) is 0 Å². The highest BCUT2D eigenvalue weighted by Gasteiger charge is 2.36. The molecule has 14 heteroatoms. The fraction of sp³-hybridized carbons (Fsp3) is 0.471. The zero-order valence-electron chi connectivity index (χ0n) is 28.0. The zero-order chi connectivity index (χ0) is 34.9. The molecule has 3 N–H and O–H groups in total. The first-order chi connectivity index (χ1) is 23.1. The highest BCUT2D eigenvalue weighted by Crippen LogP contribution is 2.39. The number of H-pyrrole nitrogens is 1. The van der Waals surface area contributed by atoms with Crippen LogP contribution in [0.25, 0.3) is 0 Å². The topological polar surface area (TPSA) is 167 Å². The third kappa shape index (κ3) is 12.6. The normalized spacial score (nSPS) is 13.4. The number of benzene rings is 2. The molecule has 3 aromatic rings.